The molecule has 2 atom stereocenters. The Kier molecular flexibility index (Phi) is 3.82. The predicted molar refractivity (Wildman–Crippen MR) is 67.2 cm³/mol. The molecule has 0 spiro atoms. The molecular formula is C13H16N2O4. The molecule has 1 heterocycles. The van der Waals surface area contributed by atoms with E-state index in [1.807, 2.05) is 30.3 Å². The fraction of sp³-hybridized carbons (Fsp3) is 0.385. The highest BCUT2D eigenvalue weighted by molar-refractivity contribution is 5.83. The Morgan fingerprint density at radius 3 is 2.68 bits per heavy atom. The lowest BCUT2D eigenvalue weighted by molar-refractivity contribution is -0.147. The molecule has 1 saturated heterocycles. The van der Waals surface area contributed by atoms with Gasteiger partial charge in [-0.1, -0.05) is 30.3 Å². The van der Waals surface area contributed by atoms with Crippen molar-refractivity contribution in [2.75, 3.05) is 6.54 Å². The van der Waals surface area contributed by atoms with Crippen LogP contribution in [0.1, 0.15) is 12.0 Å². The minimum atomic E-state index is -1.39. The Balaban J connectivity index is 1.87. The average Bonchev–Trinajstić information content (AvgIpc) is 2.81. The first-order valence-electron chi connectivity index (χ1n) is 5.97. The SMILES string of the molecule is N[C@@]1(C(=O)O)CN[C@@H](C(=O)OCc2ccccc2)C1. The number of carboxylic acids is 1. The number of carboxylic acid groups (broad SMARTS) is 1. The third-order valence-electron chi connectivity index (χ3n) is 3.17. The largest absolute Gasteiger partial charge is 0.480 e. The lowest BCUT2D eigenvalue weighted by atomic mass is 9.98. The van der Waals surface area contributed by atoms with Gasteiger partial charge in [0.25, 0.3) is 0 Å². The number of aliphatic carboxylic acids is 1. The Morgan fingerprint density at radius 2 is 2.11 bits per heavy atom. The van der Waals surface area contributed by atoms with Gasteiger partial charge < -0.3 is 20.9 Å². The van der Waals surface area contributed by atoms with Gasteiger partial charge in [-0.25, -0.2) is 0 Å². The van der Waals surface area contributed by atoms with Crippen LogP contribution < -0.4 is 11.1 Å². The van der Waals surface area contributed by atoms with Gasteiger partial charge in [0.2, 0.25) is 0 Å². The van der Waals surface area contributed by atoms with E-state index in [4.69, 9.17) is 15.6 Å². The Morgan fingerprint density at radius 1 is 1.42 bits per heavy atom. The Bertz CT molecular complexity index is 477. The maximum absolute atomic E-state index is 11.8. The topological polar surface area (TPSA) is 102 Å². The highest BCUT2D eigenvalue weighted by atomic mass is 16.5. The van der Waals surface area contributed by atoms with Crippen molar-refractivity contribution in [1.82, 2.24) is 5.32 Å². The first-order valence-corrected chi connectivity index (χ1v) is 5.97. The van der Waals surface area contributed by atoms with E-state index in [9.17, 15) is 9.59 Å². The summed E-state index contributed by atoms with van der Waals surface area (Å²) in [6.45, 7) is 0.232. The van der Waals surface area contributed by atoms with Gasteiger partial charge in [0.15, 0.2) is 0 Å². The molecule has 1 aliphatic rings. The average molecular weight is 264 g/mol. The highest BCUT2D eigenvalue weighted by Crippen LogP contribution is 2.18. The Labute approximate surface area is 110 Å². The minimum absolute atomic E-state index is 0.0377. The molecule has 6 nitrogen and oxygen atoms in total. The monoisotopic (exact) mass is 264 g/mol. The maximum Gasteiger partial charge on any atom is 0.325 e. The highest BCUT2D eigenvalue weighted by Gasteiger charge is 2.45. The normalized spacial score (nSPS) is 26.1. The summed E-state index contributed by atoms with van der Waals surface area (Å²) in [6, 6.07) is 8.61. The molecule has 0 unspecified atom stereocenters. The van der Waals surface area contributed by atoms with E-state index in [0.717, 1.165) is 5.56 Å². The van der Waals surface area contributed by atoms with E-state index < -0.39 is 23.5 Å². The third kappa shape index (κ3) is 3.10. The molecule has 1 fully saturated rings. The molecule has 0 bridgehead atoms. The molecule has 6 heteroatoms. The van der Waals surface area contributed by atoms with Crippen LogP contribution in [-0.2, 0) is 20.9 Å². The molecule has 0 aromatic heterocycles. The van der Waals surface area contributed by atoms with Crippen molar-refractivity contribution >= 4 is 11.9 Å². The molecule has 1 aromatic rings. The van der Waals surface area contributed by atoms with Crippen LogP contribution in [-0.4, -0.2) is 35.2 Å². The molecule has 2 rings (SSSR count). The van der Waals surface area contributed by atoms with E-state index >= 15 is 0 Å². The fourth-order valence-electron chi connectivity index (χ4n) is 1.97. The summed E-state index contributed by atoms with van der Waals surface area (Å²) in [4.78, 5) is 22.7. The number of benzene rings is 1. The smallest absolute Gasteiger partial charge is 0.325 e. The first-order chi connectivity index (χ1) is 9.01. The van der Waals surface area contributed by atoms with Crippen LogP contribution in [0.3, 0.4) is 0 Å². The van der Waals surface area contributed by atoms with Crippen LogP contribution in [0.4, 0.5) is 0 Å². The summed E-state index contributed by atoms with van der Waals surface area (Å²) in [5.74, 6) is -1.59. The summed E-state index contributed by atoms with van der Waals surface area (Å²) in [6.07, 6.45) is 0.0377. The number of hydrogen-bond acceptors (Lipinski definition) is 5. The number of carbonyl (C=O) groups excluding carboxylic acids is 1. The van der Waals surface area contributed by atoms with Crippen molar-refractivity contribution in [1.29, 1.82) is 0 Å². The van der Waals surface area contributed by atoms with Gasteiger partial charge in [-0.05, 0) is 5.56 Å². The summed E-state index contributed by atoms with van der Waals surface area (Å²) in [7, 11) is 0. The van der Waals surface area contributed by atoms with Gasteiger partial charge in [0, 0.05) is 13.0 Å². The number of ether oxygens (including phenoxy) is 1. The van der Waals surface area contributed by atoms with Gasteiger partial charge >= 0.3 is 11.9 Å². The zero-order chi connectivity index (χ0) is 13.9. The van der Waals surface area contributed by atoms with Crippen LogP contribution in [0.2, 0.25) is 0 Å². The molecular weight excluding hydrogens is 248 g/mol. The second-order valence-electron chi connectivity index (χ2n) is 4.69. The number of rotatable bonds is 4. The fourth-order valence-corrected chi connectivity index (χ4v) is 1.97. The molecule has 0 saturated carbocycles. The number of carbonyl (C=O) groups is 2. The van der Waals surface area contributed by atoms with Crippen molar-refractivity contribution in [2.45, 2.75) is 24.6 Å². The van der Waals surface area contributed by atoms with Crippen molar-refractivity contribution in [2.24, 2.45) is 5.73 Å². The maximum atomic E-state index is 11.8. The molecule has 1 aliphatic heterocycles. The lowest BCUT2D eigenvalue weighted by Gasteiger charge is -2.16. The van der Waals surface area contributed by atoms with Crippen LogP contribution in [0.15, 0.2) is 30.3 Å². The number of esters is 1. The van der Waals surface area contributed by atoms with Crippen molar-refractivity contribution < 1.29 is 19.4 Å². The minimum Gasteiger partial charge on any atom is -0.480 e. The summed E-state index contributed by atoms with van der Waals surface area (Å²) < 4.78 is 5.14. The van der Waals surface area contributed by atoms with E-state index in [2.05, 4.69) is 5.32 Å². The van der Waals surface area contributed by atoms with Gasteiger partial charge in [0.05, 0.1) is 0 Å². The van der Waals surface area contributed by atoms with E-state index in [-0.39, 0.29) is 19.6 Å². The van der Waals surface area contributed by atoms with Gasteiger partial charge in [-0.2, -0.15) is 0 Å². The summed E-state index contributed by atoms with van der Waals surface area (Å²) in [5.41, 5.74) is 5.16. The van der Waals surface area contributed by atoms with Gasteiger partial charge in [-0.15, -0.1) is 0 Å². The Hall–Kier alpha value is -1.92. The second-order valence-corrected chi connectivity index (χ2v) is 4.69. The number of hydrogen-bond donors (Lipinski definition) is 3. The zero-order valence-electron chi connectivity index (χ0n) is 10.3. The lowest BCUT2D eigenvalue weighted by Crippen LogP contribution is -2.49. The van der Waals surface area contributed by atoms with Gasteiger partial charge in [0.1, 0.15) is 18.2 Å². The standard InChI is InChI=1S/C13H16N2O4/c14-13(12(17)18)6-10(15-8-13)11(16)19-7-9-4-2-1-3-5-9/h1-5,10,15H,6-8,14H2,(H,17,18)/t10-,13-/m1/s1. The van der Waals surface area contributed by atoms with E-state index in [0.29, 0.717) is 0 Å². The van der Waals surface area contributed by atoms with E-state index in [1.54, 1.807) is 0 Å². The molecule has 4 N–H and O–H groups in total. The second kappa shape index (κ2) is 5.38. The summed E-state index contributed by atoms with van der Waals surface area (Å²) >= 11 is 0. The molecule has 19 heavy (non-hydrogen) atoms. The van der Waals surface area contributed by atoms with Crippen molar-refractivity contribution in [3.63, 3.8) is 0 Å². The first kappa shape index (κ1) is 13.5. The predicted octanol–water partition coefficient (Wildman–Crippen LogP) is -0.126. The molecule has 1 aromatic carbocycles. The molecule has 102 valence electrons. The van der Waals surface area contributed by atoms with Crippen LogP contribution in [0, 0.1) is 0 Å². The van der Waals surface area contributed by atoms with Crippen LogP contribution in [0.25, 0.3) is 0 Å². The van der Waals surface area contributed by atoms with Crippen molar-refractivity contribution in [3.8, 4) is 0 Å². The number of nitrogens with one attached hydrogen (secondary N) is 1. The third-order valence-corrected chi connectivity index (χ3v) is 3.17. The quantitative estimate of drug-likeness (QED) is 0.655. The van der Waals surface area contributed by atoms with Gasteiger partial charge in [-0.3, -0.25) is 9.59 Å². The van der Waals surface area contributed by atoms with E-state index in [1.165, 1.54) is 0 Å². The molecule has 0 radical (unpaired) electrons. The zero-order valence-corrected chi connectivity index (χ0v) is 10.3. The van der Waals surface area contributed by atoms with Crippen LogP contribution >= 0.6 is 0 Å². The molecule has 0 amide bonds. The van der Waals surface area contributed by atoms with Crippen molar-refractivity contribution in [3.05, 3.63) is 35.9 Å². The molecule has 0 aliphatic carbocycles. The summed E-state index contributed by atoms with van der Waals surface area (Å²) in [5, 5.41) is 11.7. The number of nitrogens with two attached hydrogens (primary N) is 1. The van der Waals surface area contributed by atoms with Crippen LogP contribution in [0.5, 0.6) is 0 Å².